The van der Waals surface area contributed by atoms with Gasteiger partial charge in [0.05, 0.1) is 21.6 Å². The number of aryl methyl sites for hydroxylation is 2. The smallest absolute Gasteiger partial charge is 0.408 e. The average Bonchev–Trinajstić information content (AvgIpc) is 3.46. The summed E-state index contributed by atoms with van der Waals surface area (Å²) >= 11 is 18.3. The standard InChI is InChI=1S/C37H40Cl2FN5O5S/c1-3-20(2)31(33(41)51)44-35(48)37(15-14-29-26(18-37)25-16-23(38)17-27(39)32(25)42-29)45-34(47)30(13-10-21-8-11-24(46)12-9-21)43-36(49)50-19-22-6-4-5-7-28(22)40/h4-9,11-12,16-17,20,30-31,42,46H,3,10,13-15,18-19H2,1-2H3,(H2,41,51)(H,43,49)(H,44,48)(H,45,47)/t20-,30-,31?,37+/m0/s1. The summed E-state index contributed by atoms with van der Waals surface area (Å²) in [4.78, 5) is 45.3. The largest absolute Gasteiger partial charge is 0.508 e. The Morgan fingerprint density at radius 1 is 1.12 bits per heavy atom. The monoisotopic (exact) mass is 755 g/mol. The van der Waals surface area contributed by atoms with Crippen molar-refractivity contribution in [3.8, 4) is 5.75 Å². The predicted molar refractivity (Wildman–Crippen MR) is 199 cm³/mol. The highest BCUT2D eigenvalue weighted by molar-refractivity contribution is 7.80. The average molecular weight is 757 g/mol. The van der Waals surface area contributed by atoms with E-state index in [2.05, 4.69) is 20.9 Å². The van der Waals surface area contributed by atoms with Gasteiger partial charge in [0.2, 0.25) is 11.8 Å². The number of hydrogen-bond acceptors (Lipinski definition) is 6. The molecule has 4 aromatic rings. The van der Waals surface area contributed by atoms with Crippen LogP contribution in [0.15, 0.2) is 60.7 Å². The number of nitrogens with one attached hydrogen (secondary N) is 4. The first-order chi connectivity index (χ1) is 24.3. The lowest BCUT2D eigenvalue weighted by Crippen LogP contribution is -2.66. The van der Waals surface area contributed by atoms with Crippen LogP contribution in [-0.4, -0.2) is 50.6 Å². The van der Waals surface area contributed by atoms with Crippen LogP contribution in [0.4, 0.5) is 9.18 Å². The van der Waals surface area contributed by atoms with Gasteiger partial charge in [-0.15, -0.1) is 0 Å². The molecule has 3 amide bonds. The molecule has 270 valence electrons. The van der Waals surface area contributed by atoms with E-state index >= 15 is 0 Å². The minimum atomic E-state index is -1.50. The molecule has 5 rings (SSSR count). The van der Waals surface area contributed by atoms with E-state index in [0.29, 0.717) is 34.8 Å². The van der Waals surface area contributed by atoms with E-state index in [4.69, 9.17) is 45.9 Å². The van der Waals surface area contributed by atoms with Crippen molar-refractivity contribution in [3.05, 3.63) is 98.9 Å². The molecule has 0 saturated heterocycles. The SMILES string of the molecule is CC[C@H](C)C(NC(=O)[C@@]1(NC(=O)[C@H](CCc2ccc(O)cc2)NC(=O)OCc2ccccc2F)CCc2[nH]c3c(Cl)cc(Cl)cc3c2C1)C(N)=S. The maximum Gasteiger partial charge on any atom is 0.408 e. The number of phenols is 1. The number of fused-ring (bicyclic) bond motifs is 3. The third-order valence-electron chi connectivity index (χ3n) is 9.49. The van der Waals surface area contributed by atoms with Crippen molar-refractivity contribution in [1.82, 2.24) is 20.9 Å². The van der Waals surface area contributed by atoms with E-state index < -0.39 is 41.3 Å². The molecule has 1 aromatic heterocycles. The van der Waals surface area contributed by atoms with E-state index in [0.717, 1.165) is 22.2 Å². The summed E-state index contributed by atoms with van der Waals surface area (Å²) in [6.07, 6.45) is 0.819. The second-order valence-electron chi connectivity index (χ2n) is 12.9. The van der Waals surface area contributed by atoms with Gasteiger partial charge in [0.15, 0.2) is 0 Å². The zero-order chi connectivity index (χ0) is 36.9. The van der Waals surface area contributed by atoms with Crippen molar-refractivity contribution in [2.45, 2.75) is 76.6 Å². The maximum absolute atomic E-state index is 14.5. The molecule has 4 atom stereocenters. The molecule has 10 nitrogen and oxygen atoms in total. The van der Waals surface area contributed by atoms with Crippen LogP contribution in [-0.2, 0) is 40.2 Å². The Kier molecular flexibility index (Phi) is 12.1. The Balaban J connectivity index is 1.46. The summed E-state index contributed by atoms with van der Waals surface area (Å²) in [5.74, 6) is -1.67. The number of halogens is 3. The van der Waals surface area contributed by atoms with Crippen LogP contribution >= 0.6 is 35.4 Å². The summed E-state index contributed by atoms with van der Waals surface area (Å²) in [5.41, 5.74) is 7.84. The number of amides is 3. The molecule has 0 aliphatic heterocycles. The molecule has 14 heteroatoms. The number of nitrogens with two attached hydrogens (primary N) is 1. The van der Waals surface area contributed by atoms with Crippen LogP contribution in [0.3, 0.4) is 0 Å². The topological polar surface area (TPSA) is 159 Å². The van der Waals surface area contributed by atoms with Gasteiger partial charge in [0.1, 0.15) is 29.8 Å². The number of ether oxygens (including phenoxy) is 1. The quantitative estimate of drug-likeness (QED) is 0.0861. The summed E-state index contributed by atoms with van der Waals surface area (Å²) in [5, 5.41) is 19.9. The van der Waals surface area contributed by atoms with E-state index in [1.54, 1.807) is 30.3 Å². The Morgan fingerprint density at radius 2 is 1.84 bits per heavy atom. The number of hydrogen-bond donors (Lipinski definition) is 6. The normalized spacial score (nSPS) is 17.1. The van der Waals surface area contributed by atoms with Gasteiger partial charge in [-0.1, -0.05) is 86.0 Å². The molecule has 1 aliphatic carbocycles. The van der Waals surface area contributed by atoms with Crippen molar-refractivity contribution < 1.29 is 28.6 Å². The van der Waals surface area contributed by atoms with Gasteiger partial charge in [0.25, 0.3) is 0 Å². The third-order valence-corrected chi connectivity index (χ3v) is 10.3. The molecule has 0 fully saturated rings. The zero-order valence-electron chi connectivity index (χ0n) is 28.2. The minimum Gasteiger partial charge on any atom is -0.508 e. The minimum absolute atomic E-state index is 0.0730. The number of carbonyl (C=O) groups excluding carboxylic acids is 3. The number of carbonyl (C=O) groups is 3. The van der Waals surface area contributed by atoms with E-state index in [-0.39, 0.29) is 48.1 Å². The highest BCUT2D eigenvalue weighted by atomic mass is 35.5. The van der Waals surface area contributed by atoms with Gasteiger partial charge in [0, 0.05) is 28.1 Å². The van der Waals surface area contributed by atoms with E-state index in [1.165, 1.54) is 30.3 Å². The van der Waals surface area contributed by atoms with Gasteiger partial charge in [-0.2, -0.15) is 0 Å². The molecular weight excluding hydrogens is 716 g/mol. The number of thiocarbonyl (C=S) groups is 1. The van der Waals surface area contributed by atoms with Crippen LogP contribution < -0.4 is 21.7 Å². The fourth-order valence-corrected chi connectivity index (χ4v) is 7.18. The molecule has 0 bridgehead atoms. The molecule has 0 spiro atoms. The molecule has 0 radical (unpaired) electrons. The van der Waals surface area contributed by atoms with Crippen LogP contribution in [0.1, 0.15) is 55.5 Å². The van der Waals surface area contributed by atoms with Gasteiger partial charge in [-0.3, -0.25) is 9.59 Å². The number of aromatic hydroxyl groups is 1. The third kappa shape index (κ3) is 8.92. The number of phenolic OH excluding ortho intramolecular Hbond substituents is 1. The molecule has 51 heavy (non-hydrogen) atoms. The molecule has 1 aliphatic rings. The molecule has 0 saturated carbocycles. The van der Waals surface area contributed by atoms with Gasteiger partial charge < -0.3 is 36.5 Å². The Labute approximate surface area is 310 Å². The number of rotatable bonds is 13. The second-order valence-corrected chi connectivity index (χ2v) is 14.3. The Morgan fingerprint density at radius 3 is 2.53 bits per heavy atom. The number of benzene rings is 3. The number of H-pyrrole nitrogens is 1. The van der Waals surface area contributed by atoms with Crippen molar-refractivity contribution >= 4 is 69.2 Å². The van der Waals surface area contributed by atoms with Crippen LogP contribution in [0.25, 0.3) is 10.9 Å². The molecular formula is C37H40Cl2FN5O5S. The molecule has 7 N–H and O–H groups in total. The van der Waals surface area contributed by atoms with Crippen LogP contribution in [0.5, 0.6) is 5.75 Å². The number of alkyl carbamates (subject to hydrolysis) is 1. The molecule has 3 aromatic carbocycles. The second kappa shape index (κ2) is 16.3. The summed E-state index contributed by atoms with van der Waals surface area (Å²) in [7, 11) is 0. The first-order valence-electron chi connectivity index (χ1n) is 16.7. The summed E-state index contributed by atoms with van der Waals surface area (Å²) in [6, 6.07) is 13.9. The van der Waals surface area contributed by atoms with Crippen LogP contribution in [0, 0.1) is 11.7 Å². The van der Waals surface area contributed by atoms with Crippen molar-refractivity contribution in [2.75, 3.05) is 0 Å². The fraction of sp³-hybridized carbons (Fsp3) is 0.351. The number of aromatic amines is 1. The van der Waals surface area contributed by atoms with E-state index in [1.807, 2.05) is 13.8 Å². The van der Waals surface area contributed by atoms with Gasteiger partial charge in [-0.05, 0) is 73.1 Å². The Bertz CT molecular complexity index is 1940. The predicted octanol–water partition coefficient (Wildman–Crippen LogP) is 6.41. The lowest BCUT2D eigenvalue weighted by molar-refractivity contribution is -0.135. The van der Waals surface area contributed by atoms with E-state index in [9.17, 15) is 23.9 Å². The first-order valence-corrected chi connectivity index (χ1v) is 17.8. The van der Waals surface area contributed by atoms with Crippen LogP contribution in [0.2, 0.25) is 10.0 Å². The highest BCUT2D eigenvalue weighted by Crippen LogP contribution is 2.38. The lowest BCUT2D eigenvalue weighted by atomic mass is 9.78. The fourth-order valence-electron chi connectivity index (χ4n) is 6.35. The Hall–Kier alpha value is -4.39. The maximum atomic E-state index is 14.5. The first kappa shape index (κ1) is 37.9. The summed E-state index contributed by atoms with van der Waals surface area (Å²) < 4.78 is 19.5. The van der Waals surface area contributed by atoms with Gasteiger partial charge in [-0.25, -0.2) is 9.18 Å². The van der Waals surface area contributed by atoms with Crippen molar-refractivity contribution in [2.24, 2.45) is 11.7 Å². The van der Waals surface area contributed by atoms with Crippen molar-refractivity contribution in [1.29, 1.82) is 0 Å². The molecule has 1 unspecified atom stereocenters. The number of aromatic nitrogens is 1. The highest BCUT2D eigenvalue weighted by Gasteiger charge is 2.46. The van der Waals surface area contributed by atoms with Gasteiger partial charge >= 0.3 is 6.09 Å². The summed E-state index contributed by atoms with van der Waals surface area (Å²) in [6.45, 7) is 3.53. The lowest BCUT2D eigenvalue weighted by Gasteiger charge is -2.39. The van der Waals surface area contributed by atoms with Crippen molar-refractivity contribution in [3.63, 3.8) is 0 Å². The zero-order valence-corrected chi connectivity index (χ0v) is 30.5. The molecule has 1 heterocycles.